The predicted octanol–water partition coefficient (Wildman–Crippen LogP) is 0.384. The van der Waals surface area contributed by atoms with Crippen molar-refractivity contribution in [1.29, 1.82) is 0 Å². The van der Waals surface area contributed by atoms with Gasteiger partial charge in [-0.1, -0.05) is 0 Å². The Morgan fingerprint density at radius 2 is 1.41 bits per heavy atom. The molecule has 0 aliphatic rings. The van der Waals surface area contributed by atoms with E-state index in [4.69, 9.17) is 15.3 Å². The number of Topliss-reactive ketones (excluding diaryl/α,β-unsaturated/α-hetero) is 2. The van der Waals surface area contributed by atoms with E-state index in [0.717, 1.165) is 0 Å². The maximum atomic E-state index is 11.0. The van der Waals surface area contributed by atoms with E-state index in [1.54, 1.807) is 0 Å². The van der Waals surface area contributed by atoms with E-state index in [1.807, 2.05) is 0 Å². The molecule has 0 fully saturated rings. The Kier molecular flexibility index (Phi) is 14.5. The Morgan fingerprint density at radius 3 is 1.77 bits per heavy atom. The average Bonchev–Trinajstić information content (AvgIpc) is 2.41. The zero-order valence-corrected chi connectivity index (χ0v) is 12.7. The van der Waals surface area contributed by atoms with Crippen LogP contribution in [-0.2, 0) is 19.2 Å². The van der Waals surface area contributed by atoms with Crippen LogP contribution in [0.2, 0.25) is 0 Å². The molecule has 0 aliphatic carbocycles. The van der Waals surface area contributed by atoms with Crippen LogP contribution in [0, 0.1) is 0 Å². The van der Waals surface area contributed by atoms with E-state index in [9.17, 15) is 24.3 Å². The fourth-order valence-corrected chi connectivity index (χ4v) is 1.32. The van der Waals surface area contributed by atoms with Gasteiger partial charge in [0.25, 0.3) is 0 Å². The van der Waals surface area contributed by atoms with E-state index < -0.39 is 18.0 Å². The van der Waals surface area contributed by atoms with Crippen LogP contribution in [0.25, 0.3) is 0 Å². The minimum Gasteiger partial charge on any atom is -0.481 e. The fourth-order valence-electron chi connectivity index (χ4n) is 1.32. The van der Waals surface area contributed by atoms with Crippen molar-refractivity contribution in [3.05, 3.63) is 0 Å². The van der Waals surface area contributed by atoms with E-state index in [0.29, 0.717) is 12.8 Å². The van der Waals surface area contributed by atoms with Crippen LogP contribution in [0.3, 0.4) is 0 Å². The molecule has 0 aromatic rings. The summed E-state index contributed by atoms with van der Waals surface area (Å²) in [6, 6.07) is 0. The Balaban J connectivity index is 0. The van der Waals surface area contributed by atoms with Gasteiger partial charge in [0.15, 0.2) is 0 Å². The third kappa shape index (κ3) is 20.5. The smallest absolute Gasteiger partial charge is 0.303 e. The number of aliphatic hydroxyl groups is 2. The van der Waals surface area contributed by atoms with Crippen LogP contribution in [0.15, 0.2) is 0 Å². The molecule has 0 spiro atoms. The number of carboxylic acids is 2. The molecule has 0 aliphatic heterocycles. The van der Waals surface area contributed by atoms with Gasteiger partial charge >= 0.3 is 11.9 Å². The highest BCUT2D eigenvalue weighted by molar-refractivity contribution is 5.82. The fraction of sp³-hybridized carbons (Fsp3) is 0.714. The Labute approximate surface area is 128 Å². The molecule has 1 atom stereocenters. The zero-order chi connectivity index (χ0) is 17.5. The summed E-state index contributed by atoms with van der Waals surface area (Å²) in [5.41, 5.74) is 0. The molecule has 0 aromatic heterocycles. The van der Waals surface area contributed by atoms with Gasteiger partial charge in [-0.2, -0.15) is 0 Å². The van der Waals surface area contributed by atoms with Crippen molar-refractivity contribution in [2.45, 2.75) is 58.0 Å². The van der Waals surface area contributed by atoms with Crippen LogP contribution in [0.1, 0.15) is 51.9 Å². The molecule has 128 valence electrons. The van der Waals surface area contributed by atoms with Crippen LogP contribution in [0.5, 0.6) is 0 Å². The lowest BCUT2D eigenvalue weighted by atomic mass is 10.1. The number of hydrogen-bond acceptors (Lipinski definition) is 6. The molecule has 1 unspecified atom stereocenters. The molecular formula is C14H24O8. The molecule has 0 saturated carbocycles. The summed E-state index contributed by atoms with van der Waals surface area (Å²) in [5, 5.41) is 34.0. The second kappa shape index (κ2) is 14.2. The van der Waals surface area contributed by atoms with Gasteiger partial charge in [0, 0.05) is 25.9 Å². The Hall–Kier alpha value is -1.80. The molecule has 0 amide bonds. The third-order valence-electron chi connectivity index (χ3n) is 2.47. The highest BCUT2D eigenvalue weighted by Gasteiger charge is 2.11. The van der Waals surface area contributed by atoms with Crippen molar-refractivity contribution in [3.63, 3.8) is 0 Å². The van der Waals surface area contributed by atoms with Gasteiger partial charge in [-0.25, -0.2) is 0 Å². The second-order valence-corrected chi connectivity index (χ2v) is 4.75. The number of carbonyl (C=O) groups excluding carboxylic acids is 2. The van der Waals surface area contributed by atoms with Gasteiger partial charge in [-0.15, -0.1) is 0 Å². The first-order valence-corrected chi connectivity index (χ1v) is 6.92. The highest BCUT2D eigenvalue weighted by atomic mass is 16.4. The van der Waals surface area contributed by atoms with E-state index in [-0.39, 0.29) is 50.3 Å². The minimum atomic E-state index is -1.01. The lowest BCUT2D eigenvalue weighted by Crippen LogP contribution is -2.14. The summed E-state index contributed by atoms with van der Waals surface area (Å²) >= 11 is 0. The summed E-state index contributed by atoms with van der Waals surface area (Å²) in [4.78, 5) is 41.0. The molecule has 0 rings (SSSR count). The molecule has 0 heterocycles. The van der Waals surface area contributed by atoms with Crippen molar-refractivity contribution < 1.29 is 39.6 Å². The number of ketones is 2. The number of aliphatic hydroxyl groups excluding tert-OH is 2. The Morgan fingerprint density at radius 1 is 0.909 bits per heavy atom. The summed E-state index contributed by atoms with van der Waals surface area (Å²) in [6.45, 7) is 1.36. The summed E-state index contributed by atoms with van der Waals surface area (Å²) in [7, 11) is 0. The molecule has 22 heavy (non-hydrogen) atoms. The van der Waals surface area contributed by atoms with Gasteiger partial charge in [-0.05, 0) is 19.8 Å². The monoisotopic (exact) mass is 320 g/mol. The topological polar surface area (TPSA) is 149 Å². The summed E-state index contributed by atoms with van der Waals surface area (Å²) < 4.78 is 0. The van der Waals surface area contributed by atoms with Crippen LogP contribution < -0.4 is 0 Å². The number of aliphatic carboxylic acids is 2. The number of carboxylic acid groups (broad SMARTS) is 2. The zero-order valence-electron chi connectivity index (χ0n) is 12.7. The molecule has 8 nitrogen and oxygen atoms in total. The quantitative estimate of drug-likeness (QED) is 0.427. The van der Waals surface area contributed by atoms with Gasteiger partial charge in [0.2, 0.25) is 0 Å². The molecule has 0 bridgehead atoms. The molecule has 0 saturated heterocycles. The van der Waals surface area contributed by atoms with Crippen molar-refractivity contribution in [2.24, 2.45) is 0 Å². The first-order valence-electron chi connectivity index (χ1n) is 6.92. The van der Waals surface area contributed by atoms with Crippen LogP contribution in [0.4, 0.5) is 0 Å². The van der Waals surface area contributed by atoms with E-state index in [2.05, 4.69) is 0 Å². The number of hydrogen-bond donors (Lipinski definition) is 4. The van der Waals surface area contributed by atoms with Crippen molar-refractivity contribution in [3.8, 4) is 0 Å². The average molecular weight is 320 g/mol. The summed E-state index contributed by atoms with van der Waals surface area (Å²) in [6.07, 6.45) is -0.0824. The molecule has 8 heteroatoms. The lowest BCUT2D eigenvalue weighted by Gasteiger charge is -2.07. The van der Waals surface area contributed by atoms with Gasteiger partial charge in [0.1, 0.15) is 11.6 Å². The largest absolute Gasteiger partial charge is 0.481 e. The van der Waals surface area contributed by atoms with Crippen LogP contribution >= 0.6 is 0 Å². The molecule has 4 N–H and O–H groups in total. The normalized spacial score (nSPS) is 11.0. The predicted molar refractivity (Wildman–Crippen MR) is 76.4 cm³/mol. The van der Waals surface area contributed by atoms with Gasteiger partial charge in [0.05, 0.1) is 18.9 Å². The third-order valence-corrected chi connectivity index (χ3v) is 2.47. The molecule has 0 aromatic carbocycles. The second-order valence-electron chi connectivity index (χ2n) is 4.75. The van der Waals surface area contributed by atoms with Crippen molar-refractivity contribution >= 4 is 23.5 Å². The first-order chi connectivity index (χ1) is 10.2. The Bertz CT molecular complexity index is 350. The first kappa shape index (κ1) is 22.5. The molecule has 0 radical (unpaired) electrons. The van der Waals surface area contributed by atoms with Crippen molar-refractivity contribution in [2.75, 3.05) is 6.61 Å². The number of carbonyl (C=O) groups is 4. The lowest BCUT2D eigenvalue weighted by molar-refractivity contribution is -0.139. The number of rotatable bonds is 11. The summed E-state index contributed by atoms with van der Waals surface area (Å²) in [5.74, 6) is -2.26. The van der Waals surface area contributed by atoms with Crippen LogP contribution in [-0.4, -0.2) is 56.6 Å². The molecular weight excluding hydrogens is 296 g/mol. The van der Waals surface area contributed by atoms with Crippen molar-refractivity contribution in [1.82, 2.24) is 0 Å². The van der Waals surface area contributed by atoms with Gasteiger partial charge < -0.3 is 25.2 Å². The SMILES string of the molecule is CC(=O)CCC(=O)O.O=C(O)CCC(=O)CC(O)CCCO. The maximum absolute atomic E-state index is 11.0. The standard InChI is InChI=1S/C9H16O5.C5H8O3/c10-5-1-2-7(11)6-8(12)3-4-9(13)14;1-4(6)2-3-5(7)8/h7,10-11H,1-6H2,(H,13,14);2-3H2,1H3,(H,7,8). The maximum Gasteiger partial charge on any atom is 0.303 e. The highest BCUT2D eigenvalue weighted by Crippen LogP contribution is 2.05. The van der Waals surface area contributed by atoms with E-state index >= 15 is 0 Å². The minimum absolute atomic E-state index is 0.0135. The van der Waals surface area contributed by atoms with Gasteiger partial charge in [-0.3, -0.25) is 14.4 Å². The van der Waals surface area contributed by atoms with E-state index in [1.165, 1.54) is 6.92 Å².